The van der Waals surface area contributed by atoms with Gasteiger partial charge in [-0.3, -0.25) is 4.79 Å². The summed E-state index contributed by atoms with van der Waals surface area (Å²) in [4.78, 5) is 10.4. The molecule has 0 spiro atoms. The van der Waals surface area contributed by atoms with E-state index < -0.39 is 5.82 Å². The summed E-state index contributed by atoms with van der Waals surface area (Å²) in [6, 6.07) is 2.83. The Morgan fingerprint density at radius 2 is 2.25 bits per heavy atom. The number of halogens is 2. The highest BCUT2D eigenvalue weighted by Crippen LogP contribution is 2.23. The van der Waals surface area contributed by atoms with E-state index in [0.717, 1.165) is 0 Å². The predicted octanol–water partition coefficient (Wildman–Crippen LogP) is 2.25. The third-order valence-electron chi connectivity index (χ3n) is 1.37. The van der Waals surface area contributed by atoms with Crippen LogP contribution < -0.4 is 4.74 Å². The van der Waals surface area contributed by atoms with Crippen LogP contribution in [-0.4, -0.2) is 13.4 Å². The van der Waals surface area contributed by atoms with Gasteiger partial charge in [0.25, 0.3) is 0 Å². The Morgan fingerprint density at radius 1 is 1.58 bits per heavy atom. The first kappa shape index (κ1) is 9.44. The van der Waals surface area contributed by atoms with Crippen molar-refractivity contribution in [2.45, 2.75) is 0 Å². The van der Waals surface area contributed by atoms with E-state index >= 15 is 0 Å². The second kappa shape index (κ2) is 3.84. The number of ether oxygens (including phenoxy) is 1. The lowest BCUT2D eigenvalue weighted by Gasteiger charge is -2.03. The van der Waals surface area contributed by atoms with E-state index in [4.69, 9.17) is 4.74 Å². The van der Waals surface area contributed by atoms with Crippen LogP contribution in [0.5, 0.6) is 5.75 Å². The van der Waals surface area contributed by atoms with Crippen molar-refractivity contribution in [2.75, 3.05) is 7.11 Å². The Kier molecular flexibility index (Phi) is 3.02. The summed E-state index contributed by atoms with van der Waals surface area (Å²) in [7, 11) is 1.36. The lowest BCUT2D eigenvalue weighted by Crippen LogP contribution is -1.93. The van der Waals surface area contributed by atoms with E-state index in [9.17, 15) is 9.18 Å². The van der Waals surface area contributed by atoms with Gasteiger partial charge in [-0.2, -0.15) is 0 Å². The van der Waals surface area contributed by atoms with Gasteiger partial charge in [-0.15, -0.1) is 0 Å². The normalized spacial score (nSPS) is 9.58. The largest absolute Gasteiger partial charge is 0.494 e. The van der Waals surface area contributed by atoms with Crippen molar-refractivity contribution in [3.8, 4) is 5.75 Å². The zero-order valence-corrected chi connectivity index (χ0v) is 8.46. The molecule has 0 radical (unpaired) electrons. The summed E-state index contributed by atoms with van der Waals surface area (Å²) in [5.74, 6) is -0.326. The quantitative estimate of drug-likeness (QED) is 0.613. The van der Waals surface area contributed by atoms with Crippen LogP contribution in [0.15, 0.2) is 12.1 Å². The lowest BCUT2D eigenvalue weighted by atomic mass is 10.2. The molecule has 64 valence electrons. The van der Waals surface area contributed by atoms with Crippen molar-refractivity contribution in [1.82, 2.24) is 0 Å². The molecule has 1 aromatic carbocycles. The number of aldehydes is 1. The fourth-order valence-corrected chi connectivity index (χ4v) is 1.43. The smallest absolute Gasteiger partial charge is 0.178 e. The molecule has 1 aromatic rings. The molecular formula is C8H6FIO2. The van der Waals surface area contributed by atoms with Crippen molar-refractivity contribution in [3.63, 3.8) is 0 Å². The molecule has 1 rings (SSSR count). The zero-order chi connectivity index (χ0) is 9.14. The Balaban J connectivity index is 3.28. The predicted molar refractivity (Wildman–Crippen MR) is 51.1 cm³/mol. The fraction of sp³-hybridized carbons (Fsp3) is 0.125. The van der Waals surface area contributed by atoms with E-state index in [1.807, 2.05) is 22.6 Å². The molecule has 0 bridgehead atoms. The molecule has 0 N–H and O–H groups in total. The van der Waals surface area contributed by atoms with Crippen molar-refractivity contribution >= 4 is 28.9 Å². The highest BCUT2D eigenvalue weighted by molar-refractivity contribution is 14.1. The minimum atomic E-state index is -0.427. The SMILES string of the molecule is COc1cc(C=O)cc(I)c1F. The van der Waals surface area contributed by atoms with E-state index in [0.29, 0.717) is 15.4 Å². The summed E-state index contributed by atoms with van der Waals surface area (Å²) < 4.78 is 18.2. The molecule has 12 heavy (non-hydrogen) atoms. The highest BCUT2D eigenvalue weighted by atomic mass is 127. The maximum Gasteiger partial charge on any atom is 0.178 e. The summed E-state index contributed by atoms with van der Waals surface area (Å²) in [6.07, 6.45) is 0.657. The third-order valence-corrected chi connectivity index (χ3v) is 2.16. The first-order valence-electron chi connectivity index (χ1n) is 3.17. The number of carbonyl (C=O) groups is 1. The van der Waals surface area contributed by atoms with Crippen LogP contribution in [0.25, 0.3) is 0 Å². The van der Waals surface area contributed by atoms with E-state index in [-0.39, 0.29) is 5.75 Å². The molecule has 0 aliphatic carbocycles. The van der Waals surface area contributed by atoms with Crippen LogP contribution in [0.1, 0.15) is 10.4 Å². The van der Waals surface area contributed by atoms with E-state index in [1.54, 1.807) is 0 Å². The van der Waals surface area contributed by atoms with Gasteiger partial charge in [0.2, 0.25) is 0 Å². The number of benzene rings is 1. The minimum Gasteiger partial charge on any atom is -0.494 e. The van der Waals surface area contributed by atoms with Crippen molar-refractivity contribution in [2.24, 2.45) is 0 Å². The first-order chi connectivity index (χ1) is 5.69. The van der Waals surface area contributed by atoms with Gasteiger partial charge in [-0.05, 0) is 34.7 Å². The molecule has 0 heterocycles. The monoisotopic (exact) mass is 280 g/mol. The average molecular weight is 280 g/mol. The lowest BCUT2D eigenvalue weighted by molar-refractivity contribution is 0.112. The van der Waals surface area contributed by atoms with Crippen LogP contribution in [0, 0.1) is 9.39 Å². The molecule has 0 saturated carbocycles. The molecule has 4 heteroatoms. The Bertz CT molecular complexity index is 312. The Morgan fingerprint density at radius 3 is 2.75 bits per heavy atom. The fourth-order valence-electron chi connectivity index (χ4n) is 0.800. The second-order valence-corrected chi connectivity index (χ2v) is 3.30. The van der Waals surface area contributed by atoms with Crippen LogP contribution in [-0.2, 0) is 0 Å². The van der Waals surface area contributed by atoms with Crippen molar-refractivity contribution in [1.29, 1.82) is 0 Å². The molecule has 0 aromatic heterocycles. The van der Waals surface area contributed by atoms with Crippen LogP contribution >= 0.6 is 22.6 Å². The second-order valence-electron chi connectivity index (χ2n) is 2.14. The van der Waals surface area contributed by atoms with Gasteiger partial charge in [0.15, 0.2) is 11.6 Å². The van der Waals surface area contributed by atoms with Crippen LogP contribution in [0.4, 0.5) is 4.39 Å². The number of hydrogen-bond acceptors (Lipinski definition) is 2. The van der Waals surface area contributed by atoms with Crippen LogP contribution in [0.3, 0.4) is 0 Å². The molecule has 0 fully saturated rings. The standard InChI is InChI=1S/C8H6FIO2/c1-12-7-3-5(4-11)2-6(10)8(7)9/h2-4H,1H3. The number of hydrogen-bond donors (Lipinski definition) is 0. The zero-order valence-electron chi connectivity index (χ0n) is 6.30. The molecule has 0 unspecified atom stereocenters. The van der Waals surface area contributed by atoms with Gasteiger partial charge in [0.05, 0.1) is 10.7 Å². The molecular weight excluding hydrogens is 274 g/mol. The molecule has 0 aliphatic heterocycles. The number of rotatable bonds is 2. The molecule has 0 amide bonds. The Labute approximate surface area is 82.9 Å². The summed E-state index contributed by atoms with van der Waals surface area (Å²) in [5, 5.41) is 0. The molecule has 2 nitrogen and oxygen atoms in total. The van der Waals surface area contributed by atoms with Gasteiger partial charge in [0.1, 0.15) is 6.29 Å². The summed E-state index contributed by atoms with van der Waals surface area (Å²) in [6.45, 7) is 0. The maximum absolute atomic E-state index is 13.1. The van der Waals surface area contributed by atoms with Crippen LogP contribution in [0.2, 0.25) is 0 Å². The first-order valence-corrected chi connectivity index (χ1v) is 4.25. The third kappa shape index (κ3) is 1.74. The molecule has 0 saturated heterocycles. The average Bonchev–Trinajstić information content (AvgIpc) is 2.09. The van der Waals surface area contributed by atoms with Gasteiger partial charge in [-0.25, -0.2) is 4.39 Å². The van der Waals surface area contributed by atoms with Crippen molar-refractivity contribution in [3.05, 3.63) is 27.1 Å². The Hall–Kier alpha value is -0.650. The topological polar surface area (TPSA) is 26.3 Å². The van der Waals surface area contributed by atoms with Crippen molar-refractivity contribution < 1.29 is 13.9 Å². The minimum absolute atomic E-state index is 0.101. The van der Waals surface area contributed by atoms with Gasteiger partial charge in [0, 0.05) is 5.56 Å². The van der Waals surface area contributed by atoms with Gasteiger partial charge in [-0.1, -0.05) is 0 Å². The van der Waals surface area contributed by atoms with Gasteiger partial charge >= 0.3 is 0 Å². The summed E-state index contributed by atoms with van der Waals surface area (Å²) >= 11 is 1.81. The number of carbonyl (C=O) groups excluding carboxylic acids is 1. The molecule has 0 aliphatic rings. The summed E-state index contributed by atoms with van der Waals surface area (Å²) in [5.41, 5.74) is 0.414. The maximum atomic E-state index is 13.1. The van der Waals surface area contributed by atoms with E-state index in [1.165, 1.54) is 19.2 Å². The van der Waals surface area contributed by atoms with Gasteiger partial charge < -0.3 is 4.74 Å². The highest BCUT2D eigenvalue weighted by Gasteiger charge is 2.08. The van der Waals surface area contributed by atoms with E-state index in [2.05, 4.69) is 0 Å². The molecule has 0 atom stereocenters. The number of methoxy groups -OCH3 is 1.